The highest BCUT2D eigenvalue weighted by Crippen LogP contribution is 2.38. The molecule has 0 heterocycles. The van der Waals surface area contributed by atoms with Crippen LogP contribution in [0.25, 0.3) is 0 Å². The van der Waals surface area contributed by atoms with E-state index in [0.717, 1.165) is 30.0 Å². The minimum Gasteiger partial charge on any atom is -0.289 e. The van der Waals surface area contributed by atoms with Crippen molar-refractivity contribution in [3.8, 4) is 0 Å². The Morgan fingerprint density at radius 3 is 2.10 bits per heavy atom. The number of alkyl halides is 3. The van der Waals surface area contributed by atoms with E-state index in [0.29, 0.717) is 17.4 Å². The van der Waals surface area contributed by atoms with E-state index in [1.807, 2.05) is 26.0 Å². The van der Waals surface area contributed by atoms with Crippen LogP contribution in [0.15, 0.2) is 42.5 Å². The van der Waals surface area contributed by atoms with Gasteiger partial charge in [-0.25, -0.2) is 0 Å². The Bertz CT molecular complexity index is 865. The van der Waals surface area contributed by atoms with Crippen LogP contribution < -0.4 is 0 Å². The molecule has 164 valence electrons. The summed E-state index contributed by atoms with van der Waals surface area (Å²) >= 11 is 0. The monoisotopic (exact) mass is 418 g/mol. The van der Waals surface area contributed by atoms with Crippen molar-refractivity contribution in [2.24, 2.45) is 11.8 Å². The molecule has 0 aliphatic heterocycles. The summed E-state index contributed by atoms with van der Waals surface area (Å²) in [5, 5.41) is 0. The van der Waals surface area contributed by atoms with Crippen LogP contribution >= 0.6 is 0 Å². The van der Waals surface area contributed by atoms with Gasteiger partial charge in [0.25, 0.3) is 0 Å². The zero-order valence-electron chi connectivity index (χ0n) is 18.8. The number of benzene rings is 2. The van der Waals surface area contributed by atoms with E-state index < -0.39 is 17.5 Å². The molecule has 30 heavy (non-hydrogen) atoms. The van der Waals surface area contributed by atoms with Crippen LogP contribution in [0.5, 0.6) is 0 Å². The molecule has 2 unspecified atom stereocenters. The molecule has 2 aromatic carbocycles. The van der Waals surface area contributed by atoms with Crippen molar-refractivity contribution in [2.75, 3.05) is 0 Å². The Labute approximate surface area is 178 Å². The number of hydrogen-bond acceptors (Lipinski definition) is 1. The van der Waals surface area contributed by atoms with Crippen LogP contribution in [-0.4, -0.2) is 5.78 Å². The van der Waals surface area contributed by atoms with Crippen LogP contribution in [-0.2, 0) is 6.18 Å². The zero-order chi connectivity index (χ0) is 22.6. The van der Waals surface area contributed by atoms with Crippen LogP contribution in [0.4, 0.5) is 13.2 Å². The molecular weight excluding hydrogens is 385 g/mol. The average molecular weight is 419 g/mol. The molecule has 0 aliphatic carbocycles. The van der Waals surface area contributed by atoms with Gasteiger partial charge in [0.2, 0.25) is 0 Å². The van der Waals surface area contributed by atoms with Crippen LogP contribution in [0.1, 0.15) is 98.8 Å². The van der Waals surface area contributed by atoms with Gasteiger partial charge in [-0.1, -0.05) is 78.3 Å². The van der Waals surface area contributed by atoms with E-state index in [2.05, 4.69) is 27.7 Å². The van der Waals surface area contributed by atoms with Gasteiger partial charge >= 0.3 is 6.18 Å². The number of rotatable bonds is 8. The maximum atomic E-state index is 13.8. The highest BCUT2D eigenvalue weighted by molar-refractivity contribution is 6.11. The number of halogens is 3. The molecular formula is C26H33F3O. The fourth-order valence-electron chi connectivity index (χ4n) is 4.37. The molecule has 2 rings (SSSR count). The molecule has 2 aromatic rings. The van der Waals surface area contributed by atoms with Gasteiger partial charge in [0.1, 0.15) is 0 Å². The molecule has 0 fully saturated rings. The van der Waals surface area contributed by atoms with Crippen molar-refractivity contribution >= 4 is 5.78 Å². The SMILES string of the molecule is CCCC(C(C)C)C(C)c1ccc(C(F)(F)F)c(C(=O)c2ccccc2C(C)C)c1. The van der Waals surface area contributed by atoms with E-state index in [4.69, 9.17) is 0 Å². The minimum absolute atomic E-state index is 0.0384. The fourth-order valence-corrected chi connectivity index (χ4v) is 4.37. The fraction of sp³-hybridized carbons (Fsp3) is 0.500. The Morgan fingerprint density at radius 2 is 1.57 bits per heavy atom. The molecule has 0 saturated heterocycles. The first-order chi connectivity index (χ1) is 14.0. The van der Waals surface area contributed by atoms with Crippen LogP contribution in [0.3, 0.4) is 0 Å². The molecule has 0 bridgehead atoms. The summed E-state index contributed by atoms with van der Waals surface area (Å²) in [4.78, 5) is 13.3. The summed E-state index contributed by atoms with van der Waals surface area (Å²) in [5.41, 5.74) is 0.787. The van der Waals surface area contributed by atoms with Gasteiger partial charge in [-0.3, -0.25) is 4.79 Å². The molecule has 0 amide bonds. The summed E-state index contributed by atoms with van der Waals surface area (Å²) in [6.07, 6.45) is -2.57. The molecule has 0 N–H and O–H groups in total. The van der Waals surface area contributed by atoms with Gasteiger partial charge < -0.3 is 0 Å². The second-order valence-corrected chi connectivity index (χ2v) is 8.86. The lowest BCUT2D eigenvalue weighted by Crippen LogP contribution is -2.19. The highest BCUT2D eigenvalue weighted by Gasteiger charge is 2.36. The van der Waals surface area contributed by atoms with E-state index in [9.17, 15) is 18.0 Å². The van der Waals surface area contributed by atoms with E-state index in [1.165, 1.54) is 6.07 Å². The Hall–Kier alpha value is -2.10. The molecule has 4 heteroatoms. The summed E-state index contributed by atoms with van der Waals surface area (Å²) in [5.74, 6) is 0.300. The van der Waals surface area contributed by atoms with E-state index in [1.54, 1.807) is 18.2 Å². The number of carbonyl (C=O) groups is 1. The summed E-state index contributed by atoms with van der Waals surface area (Å²) < 4.78 is 41.3. The van der Waals surface area contributed by atoms with Gasteiger partial charge in [0.15, 0.2) is 5.78 Å². The third kappa shape index (κ3) is 5.33. The Balaban J connectivity index is 2.62. The van der Waals surface area contributed by atoms with E-state index >= 15 is 0 Å². The van der Waals surface area contributed by atoms with Gasteiger partial charge in [0, 0.05) is 11.1 Å². The highest BCUT2D eigenvalue weighted by atomic mass is 19.4. The predicted octanol–water partition coefficient (Wildman–Crippen LogP) is 8.24. The molecule has 2 atom stereocenters. The van der Waals surface area contributed by atoms with Gasteiger partial charge in [0.05, 0.1) is 5.56 Å². The standard InChI is InChI=1S/C26H33F3O/c1-7-10-20(16(2)3)18(6)19-13-14-24(26(27,28)29)23(15-19)25(30)22-12-9-8-11-21(22)17(4)5/h8-9,11-18,20H,7,10H2,1-6H3. The Morgan fingerprint density at radius 1 is 0.933 bits per heavy atom. The van der Waals surface area contributed by atoms with Gasteiger partial charge in [-0.15, -0.1) is 0 Å². The summed E-state index contributed by atoms with van der Waals surface area (Å²) in [6.45, 7) is 12.3. The second kappa shape index (κ2) is 9.80. The topological polar surface area (TPSA) is 17.1 Å². The number of ketones is 1. The third-order valence-electron chi connectivity index (χ3n) is 6.07. The van der Waals surface area contributed by atoms with E-state index in [-0.39, 0.29) is 17.4 Å². The number of hydrogen-bond donors (Lipinski definition) is 0. The molecule has 1 nitrogen and oxygen atoms in total. The van der Waals surface area contributed by atoms with Crippen molar-refractivity contribution < 1.29 is 18.0 Å². The first kappa shape index (κ1) is 24.2. The van der Waals surface area contributed by atoms with Crippen molar-refractivity contribution in [2.45, 2.75) is 72.4 Å². The average Bonchev–Trinajstić information content (AvgIpc) is 2.69. The van der Waals surface area contributed by atoms with Crippen molar-refractivity contribution in [1.82, 2.24) is 0 Å². The summed E-state index contributed by atoms with van der Waals surface area (Å²) in [6, 6.07) is 11.1. The first-order valence-electron chi connectivity index (χ1n) is 10.8. The number of carbonyl (C=O) groups excluding carboxylic acids is 1. The molecule has 0 spiro atoms. The van der Waals surface area contributed by atoms with Gasteiger partial charge in [-0.05, 0) is 53.4 Å². The quantitative estimate of drug-likeness (QED) is 0.395. The second-order valence-electron chi connectivity index (χ2n) is 8.86. The first-order valence-corrected chi connectivity index (χ1v) is 10.8. The van der Waals surface area contributed by atoms with Gasteiger partial charge in [-0.2, -0.15) is 13.2 Å². The third-order valence-corrected chi connectivity index (χ3v) is 6.07. The lowest BCUT2D eigenvalue weighted by molar-refractivity contribution is -0.137. The maximum Gasteiger partial charge on any atom is 0.417 e. The van der Waals surface area contributed by atoms with Crippen LogP contribution in [0, 0.1) is 11.8 Å². The molecule has 0 aliphatic rings. The predicted molar refractivity (Wildman–Crippen MR) is 117 cm³/mol. The molecule has 0 radical (unpaired) electrons. The zero-order valence-corrected chi connectivity index (χ0v) is 18.8. The lowest BCUT2D eigenvalue weighted by Gasteiger charge is -2.28. The maximum absolute atomic E-state index is 13.8. The lowest BCUT2D eigenvalue weighted by atomic mass is 9.77. The molecule has 0 saturated carbocycles. The normalized spacial score (nSPS) is 14.2. The van der Waals surface area contributed by atoms with Crippen molar-refractivity contribution in [3.05, 3.63) is 70.3 Å². The van der Waals surface area contributed by atoms with Crippen molar-refractivity contribution in [3.63, 3.8) is 0 Å². The van der Waals surface area contributed by atoms with Crippen molar-refractivity contribution in [1.29, 1.82) is 0 Å². The Kier molecular flexibility index (Phi) is 7.90. The molecule has 0 aromatic heterocycles. The van der Waals surface area contributed by atoms with Crippen LogP contribution in [0.2, 0.25) is 0 Å². The largest absolute Gasteiger partial charge is 0.417 e. The summed E-state index contributed by atoms with van der Waals surface area (Å²) in [7, 11) is 0. The minimum atomic E-state index is -4.58. The smallest absolute Gasteiger partial charge is 0.289 e.